The third-order valence-corrected chi connectivity index (χ3v) is 5.26. The summed E-state index contributed by atoms with van der Waals surface area (Å²) in [6.07, 6.45) is 7.61. The number of aromatic nitrogens is 3. The van der Waals surface area contributed by atoms with E-state index in [2.05, 4.69) is 25.2 Å². The molecule has 3 heterocycles. The van der Waals surface area contributed by atoms with Crippen LogP contribution in [0.25, 0.3) is 0 Å². The van der Waals surface area contributed by atoms with Gasteiger partial charge in [0.05, 0.1) is 0 Å². The summed E-state index contributed by atoms with van der Waals surface area (Å²) in [6.45, 7) is 3.44. The Morgan fingerprint density at radius 2 is 2.08 bits per heavy atom. The van der Waals surface area contributed by atoms with Crippen molar-refractivity contribution < 1.29 is 9.59 Å². The molecule has 1 unspecified atom stereocenters. The molecule has 7 heteroatoms. The van der Waals surface area contributed by atoms with Gasteiger partial charge in [-0.25, -0.2) is 9.97 Å². The molecule has 136 valence electrons. The van der Waals surface area contributed by atoms with Crippen molar-refractivity contribution in [1.29, 1.82) is 0 Å². The van der Waals surface area contributed by atoms with Crippen LogP contribution in [0.4, 0.5) is 5.95 Å². The molecule has 0 aromatic carbocycles. The second-order valence-electron chi connectivity index (χ2n) is 7.06. The molecule has 1 aliphatic carbocycles. The SMILES string of the molecule is Cc1c(C(=O)NC2CCCN(c3ncccn3)C2)[nH]c2c1C(=O)CCC2. The zero-order valence-corrected chi connectivity index (χ0v) is 14.9. The van der Waals surface area contributed by atoms with Crippen molar-refractivity contribution in [2.24, 2.45) is 0 Å². The number of hydrogen-bond acceptors (Lipinski definition) is 5. The smallest absolute Gasteiger partial charge is 0.268 e. The predicted molar refractivity (Wildman–Crippen MR) is 97.5 cm³/mol. The number of piperidine rings is 1. The number of carbonyl (C=O) groups excluding carboxylic acids is 2. The van der Waals surface area contributed by atoms with Crippen molar-refractivity contribution in [2.45, 2.75) is 45.1 Å². The topological polar surface area (TPSA) is 91.0 Å². The molecule has 2 aromatic rings. The largest absolute Gasteiger partial charge is 0.354 e. The number of nitrogens with zero attached hydrogens (tertiary/aromatic N) is 3. The number of anilines is 1. The maximum absolute atomic E-state index is 12.8. The summed E-state index contributed by atoms with van der Waals surface area (Å²) in [5.74, 6) is 0.707. The molecule has 1 fully saturated rings. The number of amides is 1. The third kappa shape index (κ3) is 3.09. The first-order chi connectivity index (χ1) is 12.6. The molecule has 0 radical (unpaired) electrons. The van der Waals surface area contributed by atoms with Crippen molar-refractivity contribution >= 4 is 17.6 Å². The highest BCUT2D eigenvalue weighted by Gasteiger charge is 2.28. The van der Waals surface area contributed by atoms with E-state index >= 15 is 0 Å². The lowest BCUT2D eigenvalue weighted by atomic mass is 9.93. The molecule has 0 bridgehead atoms. The monoisotopic (exact) mass is 353 g/mol. The van der Waals surface area contributed by atoms with Crippen LogP contribution in [0.2, 0.25) is 0 Å². The van der Waals surface area contributed by atoms with Crippen LogP contribution >= 0.6 is 0 Å². The second kappa shape index (κ2) is 6.90. The van der Waals surface area contributed by atoms with Gasteiger partial charge >= 0.3 is 0 Å². The van der Waals surface area contributed by atoms with E-state index in [1.165, 1.54) is 0 Å². The van der Waals surface area contributed by atoms with Gasteiger partial charge in [-0.15, -0.1) is 0 Å². The van der Waals surface area contributed by atoms with E-state index < -0.39 is 0 Å². The Bertz CT molecular complexity index is 830. The highest BCUT2D eigenvalue weighted by molar-refractivity contribution is 6.04. The Kier molecular flexibility index (Phi) is 4.44. The average Bonchev–Trinajstić information content (AvgIpc) is 3.01. The van der Waals surface area contributed by atoms with Crippen LogP contribution in [-0.2, 0) is 6.42 Å². The van der Waals surface area contributed by atoms with E-state index in [4.69, 9.17) is 0 Å². The van der Waals surface area contributed by atoms with Gasteiger partial charge in [0, 0.05) is 49.2 Å². The van der Waals surface area contributed by atoms with Crippen LogP contribution in [0.3, 0.4) is 0 Å². The molecule has 2 N–H and O–H groups in total. The molecule has 0 spiro atoms. The zero-order valence-electron chi connectivity index (χ0n) is 14.9. The summed E-state index contributed by atoms with van der Waals surface area (Å²) in [7, 11) is 0. The van der Waals surface area contributed by atoms with Crippen molar-refractivity contribution in [2.75, 3.05) is 18.0 Å². The van der Waals surface area contributed by atoms with Crippen molar-refractivity contribution in [1.82, 2.24) is 20.3 Å². The molecular formula is C19H23N5O2. The van der Waals surface area contributed by atoms with Gasteiger partial charge in [0.1, 0.15) is 5.69 Å². The van der Waals surface area contributed by atoms with E-state index in [0.717, 1.165) is 49.0 Å². The molecule has 1 atom stereocenters. The van der Waals surface area contributed by atoms with Crippen LogP contribution in [0.15, 0.2) is 18.5 Å². The van der Waals surface area contributed by atoms with Gasteiger partial charge in [-0.1, -0.05) is 0 Å². The Morgan fingerprint density at radius 1 is 1.27 bits per heavy atom. The molecule has 2 aliphatic rings. The molecule has 2 aromatic heterocycles. The minimum atomic E-state index is -0.134. The van der Waals surface area contributed by atoms with Gasteiger partial charge < -0.3 is 15.2 Å². The highest BCUT2D eigenvalue weighted by atomic mass is 16.2. The van der Waals surface area contributed by atoms with Gasteiger partial charge in [-0.2, -0.15) is 0 Å². The number of aromatic amines is 1. The fourth-order valence-electron chi connectivity index (χ4n) is 3.99. The van der Waals surface area contributed by atoms with Crippen LogP contribution < -0.4 is 10.2 Å². The van der Waals surface area contributed by atoms with Crippen molar-refractivity contribution in [3.05, 3.63) is 41.0 Å². The molecule has 0 saturated carbocycles. The summed E-state index contributed by atoms with van der Waals surface area (Å²) in [5, 5.41) is 3.12. The Balaban J connectivity index is 1.47. The molecule has 1 amide bonds. The predicted octanol–water partition coefficient (Wildman–Crippen LogP) is 2.03. The number of carbonyl (C=O) groups is 2. The molecule has 4 rings (SSSR count). The first-order valence-electron chi connectivity index (χ1n) is 9.21. The van der Waals surface area contributed by atoms with Crippen LogP contribution in [0.1, 0.15) is 57.8 Å². The lowest BCUT2D eigenvalue weighted by molar-refractivity contribution is 0.0927. The minimum Gasteiger partial charge on any atom is -0.354 e. The lowest BCUT2D eigenvalue weighted by Crippen LogP contribution is -2.48. The zero-order chi connectivity index (χ0) is 18.1. The summed E-state index contributed by atoms with van der Waals surface area (Å²) in [5.41, 5.74) is 2.94. The average molecular weight is 353 g/mol. The number of aryl methyl sites for hydroxylation is 1. The number of hydrogen-bond donors (Lipinski definition) is 2. The summed E-state index contributed by atoms with van der Waals surface area (Å²) in [6, 6.07) is 1.83. The van der Waals surface area contributed by atoms with E-state index in [9.17, 15) is 9.59 Å². The Labute approximate surface area is 152 Å². The standard InChI is InChI=1S/C19H23N5O2/c1-12-16-14(6-2-7-15(16)25)23-17(12)18(26)22-13-5-3-10-24(11-13)19-20-8-4-9-21-19/h4,8-9,13,23H,2-3,5-7,10-11H2,1H3,(H,22,26). The fraction of sp³-hybridized carbons (Fsp3) is 0.474. The number of Topliss-reactive ketones (excluding diaryl/α,β-unsaturated/α-hetero) is 1. The number of ketones is 1. The Morgan fingerprint density at radius 3 is 2.85 bits per heavy atom. The minimum absolute atomic E-state index is 0.0375. The number of H-pyrrole nitrogens is 1. The number of fused-ring (bicyclic) bond motifs is 1. The van der Waals surface area contributed by atoms with E-state index in [0.29, 0.717) is 24.6 Å². The van der Waals surface area contributed by atoms with E-state index in [1.54, 1.807) is 18.5 Å². The summed E-state index contributed by atoms with van der Waals surface area (Å²) < 4.78 is 0. The normalized spacial score (nSPS) is 20.0. The van der Waals surface area contributed by atoms with Crippen LogP contribution in [0, 0.1) is 6.92 Å². The summed E-state index contributed by atoms with van der Waals surface area (Å²) in [4.78, 5) is 38.9. The quantitative estimate of drug-likeness (QED) is 0.881. The van der Waals surface area contributed by atoms with Crippen molar-refractivity contribution in [3.8, 4) is 0 Å². The van der Waals surface area contributed by atoms with E-state index in [-0.39, 0.29) is 17.7 Å². The molecule has 1 saturated heterocycles. The maximum atomic E-state index is 12.8. The first kappa shape index (κ1) is 16.8. The fourth-order valence-corrected chi connectivity index (χ4v) is 3.99. The van der Waals surface area contributed by atoms with Crippen molar-refractivity contribution in [3.63, 3.8) is 0 Å². The summed E-state index contributed by atoms with van der Waals surface area (Å²) >= 11 is 0. The molecule has 7 nitrogen and oxygen atoms in total. The maximum Gasteiger partial charge on any atom is 0.268 e. The van der Waals surface area contributed by atoms with Gasteiger partial charge in [-0.05, 0) is 44.2 Å². The number of rotatable bonds is 3. The third-order valence-electron chi connectivity index (χ3n) is 5.26. The number of nitrogens with one attached hydrogen (secondary N) is 2. The van der Waals surface area contributed by atoms with Gasteiger partial charge in [0.25, 0.3) is 5.91 Å². The second-order valence-corrected chi connectivity index (χ2v) is 7.06. The van der Waals surface area contributed by atoms with Gasteiger partial charge in [-0.3, -0.25) is 9.59 Å². The highest BCUT2D eigenvalue weighted by Crippen LogP contribution is 2.26. The first-order valence-corrected chi connectivity index (χ1v) is 9.21. The van der Waals surface area contributed by atoms with E-state index in [1.807, 2.05) is 6.92 Å². The molecular weight excluding hydrogens is 330 g/mol. The molecule has 26 heavy (non-hydrogen) atoms. The van der Waals surface area contributed by atoms with Crippen LogP contribution in [0.5, 0.6) is 0 Å². The molecule has 1 aliphatic heterocycles. The lowest BCUT2D eigenvalue weighted by Gasteiger charge is -2.33. The Hall–Kier alpha value is -2.70. The van der Waals surface area contributed by atoms with Gasteiger partial charge in [0.15, 0.2) is 5.78 Å². The van der Waals surface area contributed by atoms with Crippen LogP contribution in [-0.4, -0.2) is 45.8 Å². The van der Waals surface area contributed by atoms with Gasteiger partial charge in [0.2, 0.25) is 5.95 Å².